The first-order chi connectivity index (χ1) is 9.81. The van der Waals surface area contributed by atoms with E-state index < -0.39 is 0 Å². The fourth-order valence-electron chi connectivity index (χ4n) is 3.17. The maximum Gasteiger partial charge on any atom is 0.415 e. The van der Waals surface area contributed by atoms with E-state index >= 15 is 0 Å². The lowest BCUT2D eigenvalue weighted by Gasteiger charge is -2.28. The van der Waals surface area contributed by atoms with Gasteiger partial charge in [-0.3, -0.25) is 14.9 Å². The smallest absolute Gasteiger partial charge is 0.415 e. The number of amides is 1. The van der Waals surface area contributed by atoms with E-state index in [0.29, 0.717) is 0 Å². The summed E-state index contributed by atoms with van der Waals surface area (Å²) >= 11 is 0. The van der Waals surface area contributed by atoms with Crippen molar-refractivity contribution in [3.63, 3.8) is 0 Å². The number of ether oxygens (including phenoxy) is 1. The van der Waals surface area contributed by atoms with Crippen LogP contribution in [0.2, 0.25) is 0 Å². The molecule has 5 nitrogen and oxygen atoms in total. The Morgan fingerprint density at radius 3 is 3.05 bits per heavy atom. The molecule has 2 aliphatic rings. The predicted molar refractivity (Wildman–Crippen MR) is 74.6 cm³/mol. The van der Waals surface area contributed by atoms with Gasteiger partial charge in [0.1, 0.15) is 0 Å². The predicted octanol–water partition coefficient (Wildman–Crippen LogP) is 2.77. The van der Waals surface area contributed by atoms with Crippen molar-refractivity contribution in [1.29, 1.82) is 0 Å². The molecule has 0 radical (unpaired) electrons. The maximum absolute atomic E-state index is 12.2. The van der Waals surface area contributed by atoms with Gasteiger partial charge in [0, 0.05) is 18.4 Å². The molecule has 1 aromatic rings. The zero-order chi connectivity index (χ0) is 13.9. The van der Waals surface area contributed by atoms with E-state index in [1.807, 2.05) is 4.90 Å². The van der Waals surface area contributed by atoms with E-state index in [4.69, 9.17) is 4.74 Å². The second-order valence-corrected chi connectivity index (χ2v) is 5.03. The lowest BCUT2D eigenvalue weighted by Crippen LogP contribution is -2.40. The molecule has 0 N–H and O–H groups in total. The third-order valence-corrected chi connectivity index (χ3v) is 3.98. The molecule has 2 atom stereocenters. The monoisotopic (exact) mass is 271 g/mol. The summed E-state index contributed by atoms with van der Waals surface area (Å²) in [7, 11) is 0. The Balaban J connectivity index is 1.94. The summed E-state index contributed by atoms with van der Waals surface area (Å²) in [5.41, 5.74) is 1.93. The summed E-state index contributed by atoms with van der Waals surface area (Å²) in [6.07, 6.45) is 12.0. The summed E-state index contributed by atoms with van der Waals surface area (Å²) in [6.45, 7) is 3.46. The first-order valence-electron chi connectivity index (χ1n) is 6.87. The second kappa shape index (κ2) is 5.45. The van der Waals surface area contributed by atoms with Gasteiger partial charge in [-0.1, -0.05) is 12.7 Å². The molecule has 1 aromatic heterocycles. The molecule has 0 saturated carbocycles. The van der Waals surface area contributed by atoms with Crippen molar-refractivity contribution in [3.05, 3.63) is 43.2 Å². The number of nitrogens with zero attached hydrogens (tertiary/aromatic N) is 3. The molecule has 2 aliphatic heterocycles. The number of carbonyl (C=O) groups excluding carboxylic acids is 1. The highest BCUT2D eigenvalue weighted by Crippen LogP contribution is 2.38. The van der Waals surface area contributed by atoms with Crippen LogP contribution in [0.5, 0.6) is 0 Å². The van der Waals surface area contributed by atoms with Gasteiger partial charge in [-0.25, -0.2) is 4.79 Å². The van der Waals surface area contributed by atoms with Crippen LogP contribution in [0.3, 0.4) is 0 Å². The van der Waals surface area contributed by atoms with Crippen molar-refractivity contribution in [2.24, 2.45) is 0 Å². The number of hydrogen-bond acceptors (Lipinski definition) is 4. The van der Waals surface area contributed by atoms with Crippen molar-refractivity contribution in [2.45, 2.75) is 37.8 Å². The van der Waals surface area contributed by atoms with E-state index in [1.165, 1.54) is 6.26 Å². The minimum absolute atomic E-state index is 0.0339. The van der Waals surface area contributed by atoms with Gasteiger partial charge < -0.3 is 4.74 Å². The number of rotatable bonds is 2. The van der Waals surface area contributed by atoms with Crippen molar-refractivity contribution in [2.75, 3.05) is 0 Å². The quantitative estimate of drug-likeness (QED) is 0.776. The highest BCUT2D eigenvalue weighted by molar-refractivity contribution is 5.76. The van der Waals surface area contributed by atoms with Gasteiger partial charge in [0.15, 0.2) is 0 Å². The van der Waals surface area contributed by atoms with Crippen LogP contribution in [0, 0.1) is 0 Å². The van der Waals surface area contributed by atoms with Crippen LogP contribution < -0.4 is 0 Å². The Kier molecular flexibility index (Phi) is 3.50. The largest absolute Gasteiger partial charge is 0.419 e. The molecular weight excluding hydrogens is 254 g/mol. The Labute approximate surface area is 118 Å². The van der Waals surface area contributed by atoms with Gasteiger partial charge in [0.05, 0.1) is 24.2 Å². The van der Waals surface area contributed by atoms with Crippen molar-refractivity contribution >= 4 is 11.7 Å². The molecule has 2 bridgehead atoms. The second-order valence-electron chi connectivity index (χ2n) is 5.03. The van der Waals surface area contributed by atoms with E-state index in [0.717, 1.165) is 37.0 Å². The number of allylic oxidation sites excluding steroid dienone is 1. The normalized spacial score (nSPS) is 24.8. The lowest BCUT2D eigenvalue weighted by atomic mass is 9.98. The number of hydrogen-bond donors (Lipinski definition) is 0. The van der Waals surface area contributed by atoms with Crippen molar-refractivity contribution < 1.29 is 9.53 Å². The van der Waals surface area contributed by atoms with Crippen LogP contribution in [0.1, 0.15) is 31.4 Å². The minimum atomic E-state index is -0.316. The Morgan fingerprint density at radius 1 is 1.40 bits per heavy atom. The maximum atomic E-state index is 12.2. The van der Waals surface area contributed by atoms with E-state index in [1.54, 1.807) is 18.6 Å². The molecule has 0 aromatic carbocycles. The summed E-state index contributed by atoms with van der Waals surface area (Å²) in [5, 5.41) is 0. The van der Waals surface area contributed by atoms with E-state index in [9.17, 15) is 4.79 Å². The summed E-state index contributed by atoms with van der Waals surface area (Å²) in [6, 6.07) is 0.282. The third-order valence-electron chi connectivity index (χ3n) is 3.98. The van der Waals surface area contributed by atoms with Crippen molar-refractivity contribution in [3.8, 4) is 0 Å². The van der Waals surface area contributed by atoms with Crippen LogP contribution >= 0.6 is 0 Å². The Bertz CT molecular complexity index is 541. The molecule has 104 valence electrons. The van der Waals surface area contributed by atoms with Gasteiger partial charge in [-0.05, 0) is 31.3 Å². The van der Waals surface area contributed by atoms with Crippen LogP contribution in [0.25, 0.3) is 5.57 Å². The summed E-state index contributed by atoms with van der Waals surface area (Å²) in [4.78, 5) is 22.5. The van der Waals surface area contributed by atoms with Gasteiger partial charge >= 0.3 is 6.09 Å². The Morgan fingerprint density at radius 2 is 2.30 bits per heavy atom. The van der Waals surface area contributed by atoms with Gasteiger partial charge in [-0.15, -0.1) is 0 Å². The molecule has 20 heavy (non-hydrogen) atoms. The molecule has 3 rings (SSSR count). The average Bonchev–Trinajstić information content (AvgIpc) is 2.77. The zero-order valence-electron chi connectivity index (χ0n) is 11.2. The van der Waals surface area contributed by atoms with E-state index in [-0.39, 0.29) is 18.2 Å². The molecule has 3 heterocycles. The molecule has 1 saturated heterocycles. The highest BCUT2D eigenvalue weighted by atomic mass is 16.5. The topological polar surface area (TPSA) is 55.3 Å². The third kappa shape index (κ3) is 2.19. The first-order valence-corrected chi connectivity index (χ1v) is 6.87. The van der Waals surface area contributed by atoms with Crippen LogP contribution in [0.4, 0.5) is 4.79 Å². The molecule has 5 heteroatoms. The fraction of sp³-hybridized carbons (Fsp3) is 0.400. The van der Waals surface area contributed by atoms with Gasteiger partial charge in [0.25, 0.3) is 0 Å². The van der Waals surface area contributed by atoms with Crippen LogP contribution in [-0.2, 0) is 4.74 Å². The molecule has 1 fully saturated rings. The summed E-state index contributed by atoms with van der Waals surface area (Å²) < 4.78 is 4.99. The van der Waals surface area contributed by atoms with Crippen molar-refractivity contribution in [1.82, 2.24) is 14.9 Å². The van der Waals surface area contributed by atoms with Gasteiger partial charge in [-0.2, -0.15) is 0 Å². The van der Waals surface area contributed by atoms with Crippen LogP contribution in [-0.4, -0.2) is 33.0 Å². The van der Waals surface area contributed by atoms with Gasteiger partial charge in [0.2, 0.25) is 0 Å². The average molecular weight is 271 g/mol. The molecule has 0 aliphatic carbocycles. The standard InChI is InChI=1S/C15H17N3O2/c1-2-20-15(19)18-11-4-3-5-12(14(18)7-6-11)13-10-16-8-9-17-13/h2,5,8-11,14H,1,3-4,6-7H2/t11-,14-/m1/s1. The highest BCUT2D eigenvalue weighted by Gasteiger charge is 2.41. The molecular formula is C15H17N3O2. The molecule has 1 amide bonds. The van der Waals surface area contributed by atoms with Crippen LogP contribution in [0.15, 0.2) is 37.5 Å². The first kappa shape index (κ1) is 12.8. The Hall–Kier alpha value is -2.17. The fourth-order valence-corrected chi connectivity index (χ4v) is 3.17. The number of carbonyl (C=O) groups is 1. The lowest BCUT2D eigenvalue weighted by molar-refractivity contribution is 0.123. The number of fused-ring (bicyclic) bond motifs is 2. The molecule has 0 unspecified atom stereocenters. The molecule has 0 spiro atoms. The SMILES string of the molecule is C=COC(=O)N1[C@@H]2CCC=C(c3cnccn3)[C@H]1CC2. The van der Waals surface area contributed by atoms with E-state index in [2.05, 4.69) is 22.6 Å². The number of aromatic nitrogens is 2. The zero-order valence-corrected chi connectivity index (χ0v) is 11.2. The summed E-state index contributed by atoms with van der Waals surface area (Å²) in [5.74, 6) is 0. The minimum Gasteiger partial charge on any atom is -0.419 e.